The summed E-state index contributed by atoms with van der Waals surface area (Å²) >= 11 is 6.80. The van der Waals surface area contributed by atoms with Gasteiger partial charge in [0.1, 0.15) is 4.21 Å². The third kappa shape index (κ3) is 6.09. The van der Waals surface area contributed by atoms with E-state index >= 15 is 0 Å². The van der Waals surface area contributed by atoms with Crippen LogP contribution in [-0.2, 0) is 14.8 Å². The summed E-state index contributed by atoms with van der Waals surface area (Å²) in [5.41, 5.74) is 0. The highest BCUT2D eigenvalue weighted by Gasteiger charge is 2.29. The minimum atomic E-state index is -3.74. The van der Waals surface area contributed by atoms with Crippen molar-refractivity contribution in [3.05, 3.63) is 16.5 Å². The second-order valence-electron chi connectivity index (χ2n) is 7.93. The summed E-state index contributed by atoms with van der Waals surface area (Å²) in [5, 5.41) is 6.06. The summed E-state index contributed by atoms with van der Waals surface area (Å²) in [6, 6.07) is 3.12. The first-order valence-corrected chi connectivity index (χ1v) is 13.0. The highest BCUT2D eigenvalue weighted by Crippen LogP contribution is 2.27. The first-order valence-electron chi connectivity index (χ1n) is 10.3. The number of halogens is 1. The number of piperidine rings is 1. The molecule has 0 radical (unpaired) electrons. The van der Waals surface area contributed by atoms with E-state index in [-0.39, 0.29) is 34.8 Å². The van der Waals surface area contributed by atoms with Crippen LogP contribution in [0, 0.1) is 0 Å². The van der Waals surface area contributed by atoms with Gasteiger partial charge in [0, 0.05) is 32.2 Å². The lowest BCUT2D eigenvalue weighted by Crippen LogP contribution is -2.52. The topological polar surface area (TPSA) is 98.8 Å². The number of carbonyl (C=O) groups excluding carboxylic acids is 2. The van der Waals surface area contributed by atoms with Gasteiger partial charge < -0.3 is 15.5 Å². The molecular weight excluding hydrogens is 448 g/mol. The highest BCUT2D eigenvalue weighted by atomic mass is 35.5. The number of carbonyl (C=O) groups is 2. The Bertz CT molecular complexity index is 846. The summed E-state index contributed by atoms with van der Waals surface area (Å²) in [6.07, 6.45) is 6.94. The molecule has 0 atom stereocenters. The second-order valence-corrected chi connectivity index (χ2v) is 11.9. The molecule has 2 heterocycles. The number of thiophene rings is 1. The van der Waals surface area contributed by atoms with Gasteiger partial charge in [-0.25, -0.2) is 13.2 Å². The quantitative estimate of drug-likeness (QED) is 0.659. The lowest BCUT2D eigenvalue weighted by Gasteiger charge is -2.33. The maximum absolute atomic E-state index is 12.6. The van der Waals surface area contributed by atoms with Gasteiger partial charge in [-0.3, -0.25) is 4.79 Å². The molecule has 2 fully saturated rings. The average molecular weight is 477 g/mol. The van der Waals surface area contributed by atoms with Crippen LogP contribution >= 0.6 is 22.9 Å². The van der Waals surface area contributed by atoms with Gasteiger partial charge in [0.05, 0.1) is 10.9 Å². The molecule has 30 heavy (non-hydrogen) atoms. The van der Waals surface area contributed by atoms with Crippen molar-refractivity contribution in [2.24, 2.45) is 0 Å². The zero-order chi connectivity index (χ0) is 21.7. The van der Waals surface area contributed by atoms with Crippen molar-refractivity contribution in [2.45, 2.75) is 61.2 Å². The Morgan fingerprint density at radius 3 is 2.27 bits per heavy atom. The normalized spacial score (nSPS) is 19.1. The number of rotatable bonds is 6. The van der Waals surface area contributed by atoms with E-state index in [1.807, 2.05) is 0 Å². The third-order valence-corrected chi connectivity index (χ3v) is 9.20. The van der Waals surface area contributed by atoms with Crippen molar-refractivity contribution >= 4 is 44.9 Å². The molecular formula is C19H29ClN4O4S2. The van der Waals surface area contributed by atoms with Gasteiger partial charge >= 0.3 is 6.03 Å². The number of likely N-dealkylation sites (N-methyl/N-ethyl adjacent to an activating group) is 1. The van der Waals surface area contributed by atoms with Crippen LogP contribution in [0.25, 0.3) is 0 Å². The highest BCUT2D eigenvalue weighted by molar-refractivity contribution is 7.91. The minimum Gasteiger partial charge on any atom is -0.341 e. The molecule has 1 aromatic rings. The zero-order valence-electron chi connectivity index (χ0n) is 17.1. The molecule has 0 spiro atoms. The van der Waals surface area contributed by atoms with Gasteiger partial charge in [0.2, 0.25) is 5.91 Å². The van der Waals surface area contributed by atoms with E-state index in [0.717, 1.165) is 41.3 Å². The number of sulfonamides is 1. The van der Waals surface area contributed by atoms with E-state index in [4.69, 9.17) is 11.6 Å². The zero-order valence-corrected chi connectivity index (χ0v) is 19.5. The minimum absolute atomic E-state index is 0.0207. The molecule has 11 heteroatoms. The molecule has 168 valence electrons. The Morgan fingerprint density at radius 1 is 1.10 bits per heavy atom. The van der Waals surface area contributed by atoms with Crippen LogP contribution in [0.4, 0.5) is 4.79 Å². The third-order valence-electron chi connectivity index (χ3n) is 5.69. The van der Waals surface area contributed by atoms with Gasteiger partial charge in [-0.05, 0) is 37.8 Å². The predicted octanol–water partition coefficient (Wildman–Crippen LogP) is 2.64. The lowest BCUT2D eigenvalue weighted by molar-refractivity contribution is -0.132. The Balaban J connectivity index is 1.43. The molecule has 1 aliphatic carbocycles. The van der Waals surface area contributed by atoms with Crippen molar-refractivity contribution in [1.82, 2.24) is 19.8 Å². The molecule has 3 amide bonds. The Kier molecular flexibility index (Phi) is 8.00. The Morgan fingerprint density at radius 2 is 1.70 bits per heavy atom. The number of hydrogen-bond donors (Lipinski definition) is 2. The van der Waals surface area contributed by atoms with E-state index in [1.165, 1.54) is 25.6 Å². The van der Waals surface area contributed by atoms with E-state index in [1.54, 1.807) is 4.90 Å². The molecule has 2 aliphatic rings. The van der Waals surface area contributed by atoms with Gasteiger partial charge in [-0.1, -0.05) is 30.9 Å². The van der Waals surface area contributed by atoms with E-state index in [0.29, 0.717) is 30.3 Å². The van der Waals surface area contributed by atoms with Crippen LogP contribution in [0.1, 0.15) is 44.9 Å². The fourth-order valence-electron chi connectivity index (χ4n) is 3.90. The summed E-state index contributed by atoms with van der Waals surface area (Å²) in [7, 11) is -2.34. The average Bonchev–Trinajstić information content (AvgIpc) is 3.16. The summed E-state index contributed by atoms with van der Waals surface area (Å²) < 4.78 is 26.7. The van der Waals surface area contributed by atoms with E-state index in [9.17, 15) is 18.0 Å². The summed E-state index contributed by atoms with van der Waals surface area (Å²) in [6.45, 7) is 0.760. The molecule has 2 N–H and O–H groups in total. The van der Waals surface area contributed by atoms with Crippen LogP contribution in [0.3, 0.4) is 0 Å². The molecule has 0 aromatic carbocycles. The number of likely N-dealkylation sites (tertiary alicyclic amines) is 1. The first-order chi connectivity index (χ1) is 14.3. The molecule has 1 saturated carbocycles. The van der Waals surface area contributed by atoms with Crippen LogP contribution in [0.15, 0.2) is 16.3 Å². The molecule has 3 rings (SSSR count). The van der Waals surface area contributed by atoms with Gasteiger partial charge in [-0.2, -0.15) is 4.31 Å². The molecule has 8 nitrogen and oxygen atoms in total. The Labute approximate surface area is 187 Å². The summed E-state index contributed by atoms with van der Waals surface area (Å²) in [5.74, 6) is -0.242. The molecule has 0 bridgehead atoms. The smallest absolute Gasteiger partial charge is 0.315 e. The predicted molar refractivity (Wildman–Crippen MR) is 117 cm³/mol. The van der Waals surface area contributed by atoms with Crippen LogP contribution in [0.5, 0.6) is 0 Å². The fourth-order valence-corrected chi connectivity index (χ4v) is 6.71. The monoisotopic (exact) mass is 476 g/mol. The first kappa shape index (κ1) is 23.3. The number of amides is 3. The number of hydrogen-bond acceptors (Lipinski definition) is 5. The van der Waals surface area contributed by atoms with Crippen LogP contribution in [0.2, 0.25) is 4.34 Å². The maximum Gasteiger partial charge on any atom is 0.315 e. The van der Waals surface area contributed by atoms with Crippen molar-refractivity contribution in [2.75, 3.05) is 26.7 Å². The van der Waals surface area contributed by atoms with E-state index < -0.39 is 10.0 Å². The molecule has 1 aliphatic heterocycles. The molecule has 1 aromatic heterocycles. The molecule has 1 saturated heterocycles. The second kappa shape index (κ2) is 10.3. The van der Waals surface area contributed by atoms with Crippen LogP contribution < -0.4 is 10.6 Å². The van der Waals surface area contributed by atoms with Gasteiger partial charge in [0.25, 0.3) is 10.0 Å². The lowest BCUT2D eigenvalue weighted by atomic mass is 9.96. The van der Waals surface area contributed by atoms with Gasteiger partial charge in [-0.15, -0.1) is 11.3 Å². The maximum atomic E-state index is 12.6. The van der Waals surface area contributed by atoms with Crippen molar-refractivity contribution in [1.29, 1.82) is 0 Å². The van der Waals surface area contributed by atoms with Crippen molar-refractivity contribution < 1.29 is 18.0 Å². The standard InChI is InChI=1S/C19H29ClN4O4S2/c1-23(30(27,28)18-8-7-16(20)29-18)13-17(25)24-11-9-15(10-12-24)22-19(26)21-14-5-3-2-4-6-14/h7-8,14-15H,2-6,9-13H2,1H3,(H2,21,22,26). The Hall–Kier alpha value is -1.36. The number of nitrogens with zero attached hydrogens (tertiary/aromatic N) is 2. The van der Waals surface area contributed by atoms with E-state index in [2.05, 4.69) is 10.6 Å². The van der Waals surface area contributed by atoms with Crippen molar-refractivity contribution in [3.63, 3.8) is 0 Å². The largest absolute Gasteiger partial charge is 0.341 e. The van der Waals surface area contributed by atoms with Crippen molar-refractivity contribution in [3.8, 4) is 0 Å². The molecule has 0 unspecified atom stereocenters. The number of nitrogens with one attached hydrogen (secondary N) is 2. The summed E-state index contributed by atoms with van der Waals surface area (Å²) in [4.78, 5) is 26.4. The van der Waals surface area contributed by atoms with Crippen LogP contribution in [-0.4, -0.2) is 68.3 Å². The fraction of sp³-hybridized carbons (Fsp3) is 0.684. The number of urea groups is 1. The SMILES string of the molecule is CN(CC(=O)N1CCC(NC(=O)NC2CCCCC2)CC1)S(=O)(=O)c1ccc(Cl)s1. The van der Waals surface area contributed by atoms with Gasteiger partial charge in [0.15, 0.2) is 0 Å².